The SMILES string of the molecule is N#C/[C]=C\c1ccccn1. The highest BCUT2D eigenvalue weighted by Crippen LogP contribution is 1.93. The molecule has 0 N–H and O–H groups in total. The van der Waals surface area contributed by atoms with Crippen LogP contribution < -0.4 is 0 Å². The van der Waals surface area contributed by atoms with Gasteiger partial charge >= 0.3 is 0 Å². The minimum Gasteiger partial charge on any atom is -0.257 e. The fourth-order valence-corrected chi connectivity index (χ4v) is 0.568. The minimum atomic E-state index is 0.754. The summed E-state index contributed by atoms with van der Waals surface area (Å²) in [7, 11) is 0. The molecule has 2 nitrogen and oxygen atoms in total. The Morgan fingerprint density at radius 2 is 2.40 bits per heavy atom. The van der Waals surface area contributed by atoms with Crippen molar-refractivity contribution in [2.45, 2.75) is 0 Å². The molecule has 0 amide bonds. The smallest absolute Gasteiger partial charge is 0.101 e. The molecule has 1 radical (unpaired) electrons. The Morgan fingerprint density at radius 3 is 3.00 bits per heavy atom. The molecule has 1 aromatic heterocycles. The molecule has 0 saturated carbocycles. The third kappa shape index (κ3) is 1.71. The molecule has 0 aliphatic carbocycles. The van der Waals surface area contributed by atoms with Crippen molar-refractivity contribution >= 4 is 6.08 Å². The van der Waals surface area contributed by atoms with Gasteiger partial charge in [0.25, 0.3) is 0 Å². The Balaban J connectivity index is 2.79. The minimum absolute atomic E-state index is 0.754. The maximum absolute atomic E-state index is 8.11. The average molecular weight is 129 g/mol. The molecule has 0 atom stereocenters. The molecule has 0 saturated heterocycles. The molecule has 0 aromatic carbocycles. The molecule has 1 rings (SSSR count). The van der Waals surface area contributed by atoms with Gasteiger partial charge in [0.15, 0.2) is 0 Å². The highest BCUT2D eigenvalue weighted by molar-refractivity contribution is 5.43. The molecule has 0 bridgehead atoms. The van der Waals surface area contributed by atoms with Gasteiger partial charge < -0.3 is 0 Å². The van der Waals surface area contributed by atoms with Crippen LogP contribution in [0.15, 0.2) is 24.4 Å². The van der Waals surface area contributed by atoms with Crippen molar-refractivity contribution < 1.29 is 0 Å². The van der Waals surface area contributed by atoms with Crippen molar-refractivity contribution in [3.8, 4) is 6.07 Å². The molecule has 0 unspecified atom stereocenters. The number of pyridine rings is 1. The van der Waals surface area contributed by atoms with E-state index >= 15 is 0 Å². The lowest BCUT2D eigenvalue weighted by Crippen LogP contribution is -1.74. The van der Waals surface area contributed by atoms with Crippen LogP contribution in [0.5, 0.6) is 0 Å². The maximum Gasteiger partial charge on any atom is 0.101 e. The third-order valence-corrected chi connectivity index (χ3v) is 0.972. The van der Waals surface area contributed by atoms with E-state index in [0.717, 1.165) is 5.69 Å². The van der Waals surface area contributed by atoms with Gasteiger partial charge in [-0.15, -0.1) is 0 Å². The molecular weight excluding hydrogens is 124 g/mol. The number of nitrogens with zero attached hydrogens (tertiary/aromatic N) is 2. The summed E-state index contributed by atoms with van der Waals surface area (Å²) in [5, 5.41) is 8.11. The van der Waals surface area contributed by atoms with Gasteiger partial charge in [-0.2, -0.15) is 5.26 Å². The number of allylic oxidation sites excluding steroid dienone is 1. The van der Waals surface area contributed by atoms with E-state index in [2.05, 4.69) is 11.1 Å². The van der Waals surface area contributed by atoms with E-state index in [1.807, 2.05) is 18.2 Å². The van der Waals surface area contributed by atoms with E-state index in [1.54, 1.807) is 18.3 Å². The lowest BCUT2D eigenvalue weighted by molar-refractivity contribution is 1.29. The molecule has 2 heteroatoms. The molecule has 0 fully saturated rings. The quantitative estimate of drug-likeness (QED) is 0.537. The zero-order chi connectivity index (χ0) is 7.23. The number of hydrogen-bond acceptors (Lipinski definition) is 2. The van der Waals surface area contributed by atoms with Crippen LogP contribution in [-0.2, 0) is 0 Å². The molecule has 0 aliphatic heterocycles. The number of rotatable bonds is 1. The van der Waals surface area contributed by atoms with Crippen LogP contribution in [0.3, 0.4) is 0 Å². The highest BCUT2D eigenvalue weighted by atomic mass is 14.6. The summed E-state index contributed by atoms with van der Waals surface area (Å²) in [6.45, 7) is 0. The van der Waals surface area contributed by atoms with Gasteiger partial charge in [-0.1, -0.05) is 6.07 Å². The Hall–Kier alpha value is -1.62. The van der Waals surface area contributed by atoms with Gasteiger partial charge in [-0.25, -0.2) is 0 Å². The van der Waals surface area contributed by atoms with Crippen LogP contribution >= 0.6 is 0 Å². The molecule has 10 heavy (non-hydrogen) atoms. The van der Waals surface area contributed by atoms with Crippen molar-refractivity contribution in [1.82, 2.24) is 4.98 Å². The van der Waals surface area contributed by atoms with Crippen LogP contribution in [0.25, 0.3) is 6.08 Å². The Morgan fingerprint density at radius 1 is 1.50 bits per heavy atom. The zero-order valence-corrected chi connectivity index (χ0v) is 5.28. The van der Waals surface area contributed by atoms with Gasteiger partial charge in [0.2, 0.25) is 0 Å². The van der Waals surface area contributed by atoms with Crippen molar-refractivity contribution in [1.29, 1.82) is 5.26 Å². The second kappa shape index (κ2) is 3.41. The molecule has 0 spiro atoms. The summed E-state index contributed by atoms with van der Waals surface area (Å²) in [6.07, 6.45) is 5.60. The first kappa shape index (κ1) is 6.50. The fraction of sp³-hybridized carbons (Fsp3) is 0. The Labute approximate surface area is 59.4 Å². The summed E-state index contributed by atoms with van der Waals surface area (Å²) < 4.78 is 0. The monoisotopic (exact) mass is 129 g/mol. The van der Waals surface area contributed by atoms with E-state index in [0.29, 0.717) is 0 Å². The lowest BCUT2D eigenvalue weighted by Gasteiger charge is -1.85. The summed E-state index contributed by atoms with van der Waals surface area (Å²) >= 11 is 0. The maximum atomic E-state index is 8.11. The predicted molar refractivity (Wildman–Crippen MR) is 37.6 cm³/mol. The van der Waals surface area contributed by atoms with Crippen LogP contribution in [0.1, 0.15) is 5.69 Å². The van der Waals surface area contributed by atoms with Crippen molar-refractivity contribution in [3.05, 3.63) is 36.2 Å². The van der Waals surface area contributed by atoms with Gasteiger partial charge in [0, 0.05) is 6.20 Å². The first-order valence-electron chi connectivity index (χ1n) is 2.82. The normalized spacial score (nSPS) is 9.50. The second-order valence-electron chi connectivity index (χ2n) is 1.66. The van der Waals surface area contributed by atoms with Crippen LogP contribution in [0.2, 0.25) is 0 Å². The standard InChI is InChI=1S/C8H5N2/c9-6-3-5-8-4-1-2-7-10-8/h1-2,4-5,7H. The molecule has 1 aromatic rings. The van der Waals surface area contributed by atoms with Crippen molar-refractivity contribution in [2.75, 3.05) is 0 Å². The van der Waals surface area contributed by atoms with E-state index < -0.39 is 0 Å². The molecular formula is C8H5N2. The second-order valence-corrected chi connectivity index (χ2v) is 1.66. The summed E-state index contributed by atoms with van der Waals surface area (Å²) in [5.41, 5.74) is 0.754. The zero-order valence-electron chi connectivity index (χ0n) is 5.28. The Bertz CT molecular complexity index is 256. The van der Waals surface area contributed by atoms with Gasteiger partial charge in [-0.3, -0.25) is 4.98 Å². The first-order valence-corrected chi connectivity index (χ1v) is 2.82. The number of hydrogen-bond donors (Lipinski definition) is 0. The summed E-state index contributed by atoms with van der Waals surface area (Å²) in [6, 6.07) is 7.26. The fourth-order valence-electron chi connectivity index (χ4n) is 0.568. The van der Waals surface area contributed by atoms with Gasteiger partial charge in [0.05, 0.1) is 11.8 Å². The largest absolute Gasteiger partial charge is 0.257 e. The summed E-state index contributed by atoms with van der Waals surface area (Å²) in [5.74, 6) is 0. The van der Waals surface area contributed by atoms with E-state index in [-0.39, 0.29) is 0 Å². The first-order chi connectivity index (χ1) is 4.93. The lowest BCUT2D eigenvalue weighted by atomic mass is 10.3. The van der Waals surface area contributed by atoms with E-state index in [9.17, 15) is 0 Å². The van der Waals surface area contributed by atoms with Crippen molar-refractivity contribution in [2.24, 2.45) is 0 Å². The highest BCUT2D eigenvalue weighted by Gasteiger charge is 1.81. The number of nitriles is 1. The van der Waals surface area contributed by atoms with Crippen LogP contribution in [-0.4, -0.2) is 4.98 Å². The molecule has 47 valence electrons. The van der Waals surface area contributed by atoms with Gasteiger partial charge in [-0.05, 0) is 18.2 Å². The molecule has 1 heterocycles. The molecule has 0 aliphatic rings. The third-order valence-electron chi connectivity index (χ3n) is 0.972. The van der Waals surface area contributed by atoms with Crippen molar-refractivity contribution in [3.63, 3.8) is 0 Å². The van der Waals surface area contributed by atoms with Crippen LogP contribution in [0.4, 0.5) is 0 Å². The van der Waals surface area contributed by atoms with Crippen LogP contribution in [0, 0.1) is 17.4 Å². The van der Waals surface area contributed by atoms with E-state index in [1.165, 1.54) is 0 Å². The van der Waals surface area contributed by atoms with Gasteiger partial charge in [0.1, 0.15) is 6.07 Å². The topological polar surface area (TPSA) is 36.7 Å². The van der Waals surface area contributed by atoms with E-state index in [4.69, 9.17) is 5.26 Å². The predicted octanol–water partition coefficient (Wildman–Crippen LogP) is 1.42. The Kier molecular flexibility index (Phi) is 2.22. The number of aromatic nitrogens is 1. The average Bonchev–Trinajstić information content (AvgIpc) is 2.03. The summed E-state index contributed by atoms with van der Waals surface area (Å²) in [4.78, 5) is 3.95.